The molecule has 0 saturated carbocycles. The molecule has 5 unspecified atom stereocenters. The van der Waals surface area contributed by atoms with Crippen molar-refractivity contribution in [3.8, 4) is 0 Å². The lowest BCUT2D eigenvalue weighted by Gasteiger charge is -1.98. The van der Waals surface area contributed by atoms with Gasteiger partial charge in [0.05, 0.1) is 0 Å². The van der Waals surface area contributed by atoms with Gasteiger partial charge in [-0.25, -0.2) is 0 Å². The van der Waals surface area contributed by atoms with Gasteiger partial charge in [-0.05, 0) is 59.2 Å². The molecule has 5 atom stereocenters. The molecule has 0 aromatic heterocycles. The molecule has 0 aromatic carbocycles. The van der Waals surface area contributed by atoms with Gasteiger partial charge in [-0.2, -0.15) is 0 Å². The van der Waals surface area contributed by atoms with Crippen molar-refractivity contribution < 1.29 is 1.37 Å². The normalized spacial score (nSPS) is 8.69. The average Bonchev–Trinajstić information content (AvgIpc) is 3.37. The highest BCUT2D eigenvalue weighted by Gasteiger charge is 1.90. The predicted molar refractivity (Wildman–Crippen MR) is 355 cm³/mol. The van der Waals surface area contributed by atoms with Crippen molar-refractivity contribution in [3.63, 3.8) is 0 Å². The molecular weight excluding hydrogens is 876 g/mol. The summed E-state index contributed by atoms with van der Waals surface area (Å²) in [5.41, 5.74) is 0. The van der Waals surface area contributed by atoms with Crippen molar-refractivity contribution >= 4 is 46.2 Å². The summed E-state index contributed by atoms with van der Waals surface area (Å²) in [7, 11) is 13.3. The average molecular weight is 1030 g/mol. The fourth-order valence-corrected chi connectivity index (χ4v) is 1.15. The predicted octanol–water partition coefficient (Wildman–Crippen LogP) is 25.2. The van der Waals surface area contributed by atoms with Crippen LogP contribution in [0.25, 0.3) is 0 Å². The van der Waals surface area contributed by atoms with Crippen molar-refractivity contribution in [2.75, 3.05) is 33.3 Å². The zero-order chi connectivity index (χ0) is 57.7. The van der Waals surface area contributed by atoms with E-state index in [4.69, 9.17) is 1.37 Å². The second-order valence-electron chi connectivity index (χ2n) is 18.5. The van der Waals surface area contributed by atoms with E-state index in [1.165, 1.54) is 97.3 Å². The van der Waals surface area contributed by atoms with Crippen molar-refractivity contribution in [1.29, 1.82) is 0 Å². The SMILES string of the molecule is CCC(C)C.CCC(C)C.CCC(C)C.CCC(C)C.CCC(C)C.CCC(C)C.CCC(C)CC.CCC(C)CC.CCC(C)CC.CCC(C)CC.CP.CP.CP.CP.CP.[2H]C. The second kappa shape index (κ2) is 132. The Kier molecular flexibility index (Phi) is 219. The Morgan fingerprint density at radius 2 is 0.246 bits per heavy atom. The van der Waals surface area contributed by atoms with Gasteiger partial charge < -0.3 is 0 Å². The number of hydrogen-bond donors (Lipinski definition) is 0. The summed E-state index contributed by atoms with van der Waals surface area (Å²) in [6.07, 6.45) is 18.5. The molecule has 0 N–H and O–H groups in total. The molecule has 422 valence electrons. The molecule has 0 spiro atoms. The minimum Gasteiger partial charge on any atom is -0.141 e. The summed E-state index contributed by atoms with van der Waals surface area (Å²) >= 11 is 0. The van der Waals surface area contributed by atoms with Gasteiger partial charge in [-0.3, -0.25) is 0 Å². The fraction of sp³-hybridized carbons (Fsp3) is 1.00. The van der Waals surface area contributed by atoms with Crippen LogP contribution < -0.4 is 0 Å². The summed E-state index contributed by atoms with van der Waals surface area (Å²) in [4.78, 5) is 0. The van der Waals surface area contributed by atoms with Crippen LogP contribution in [0.2, 0.25) is 0 Å². The van der Waals surface area contributed by atoms with E-state index >= 15 is 0 Å². The van der Waals surface area contributed by atoms with E-state index in [1.54, 1.807) is 0 Å². The maximum absolute atomic E-state index is 5.75. The highest BCUT2D eigenvalue weighted by molar-refractivity contribution is 7.15. The molecule has 0 aromatic rings. The maximum Gasteiger partial charge on any atom is 0.0194 e. The standard InChI is InChI=1S/4C6H14.6C5H12.5CH5P.CH4/c4*1-4-6(3)5-2;6*1-4-5(2)3;5*1-2;/h4*6H,4-5H2,1-3H3;6*5H,4H2,1-3H3;5*2H2,1H3;1H4/i;;;;;;;;;;;;;;;1D. The quantitative estimate of drug-likeness (QED) is 0.152. The van der Waals surface area contributed by atoms with Crippen LogP contribution in [0.4, 0.5) is 0 Å². The largest absolute Gasteiger partial charge is 0.141 e. The Balaban J connectivity index is -0.0000000293. The Bertz CT molecular complexity index is 383. The van der Waals surface area contributed by atoms with Crippen LogP contribution in [0.3, 0.4) is 0 Å². The zero-order valence-electron chi connectivity index (χ0n) is 55.6. The van der Waals surface area contributed by atoms with Crippen LogP contribution in [-0.4, -0.2) is 33.3 Å². The van der Waals surface area contributed by atoms with Crippen LogP contribution in [-0.2, 0) is 0 Å². The van der Waals surface area contributed by atoms with Crippen molar-refractivity contribution in [1.82, 2.24) is 0 Å². The van der Waals surface area contributed by atoms with Crippen LogP contribution in [0.1, 0.15) is 306 Å². The molecule has 0 aliphatic carbocycles. The van der Waals surface area contributed by atoms with Gasteiger partial charge in [-0.15, -0.1) is 46.2 Å². The minimum atomic E-state index is 0.884. The summed E-state index contributed by atoms with van der Waals surface area (Å²) in [6, 6.07) is 0. The van der Waals surface area contributed by atoms with Gasteiger partial charge in [0.25, 0.3) is 0 Å². The zero-order valence-corrected chi connectivity index (χ0v) is 60.3. The lowest BCUT2D eigenvalue weighted by molar-refractivity contribution is 0.544. The van der Waals surface area contributed by atoms with E-state index in [0.29, 0.717) is 0 Å². The molecule has 0 aliphatic heterocycles. The molecule has 0 heterocycles. The van der Waals surface area contributed by atoms with E-state index in [-0.39, 0.29) is 0 Å². The van der Waals surface area contributed by atoms with Crippen LogP contribution >= 0.6 is 46.2 Å². The van der Waals surface area contributed by atoms with E-state index in [9.17, 15) is 0 Å². The first kappa shape index (κ1) is 108. The smallest absolute Gasteiger partial charge is 0.0194 e. The first-order chi connectivity index (χ1) is 30.9. The highest BCUT2D eigenvalue weighted by atomic mass is 31.0. The Hall–Kier alpha value is 2.15. The Morgan fingerprint density at radius 3 is 0.246 bits per heavy atom. The van der Waals surface area contributed by atoms with E-state index in [2.05, 4.69) is 254 Å². The maximum atomic E-state index is 5.75. The third kappa shape index (κ3) is 299. The first-order valence-electron chi connectivity index (χ1n) is 28.7. The summed E-state index contributed by atoms with van der Waals surface area (Å²) in [5, 5.41) is 0. The molecule has 65 heavy (non-hydrogen) atoms. The lowest BCUT2D eigenvalue weighted by Crippen LogP contribution is -1.85. The molecule has 0 amide bonds. The molecule has 0 rings (SSSR count). The lowest BCUT2D eigenvalue weighted by atomic mass is 10.1. The molecular formula is C60H157P5. The van der Waals surface area contributed by atoms with Gasteiger partial charge in [-0.1, -0.05) is 338 Å². The van der Waals surface area contributed by atoms with E-state index < -0.39 is 0 Å². The Morgan fingerprint density at radius 1 is 0.200 bits per heavy atom. The van der Waals surface area contributed by atoms with Gasteiger partial charge in [0, 0.05) is 1.37 Å². The minimum absolute atomic E-state index is 0.884. The number of hydrogen-bond acceptors (Lipinski definition) is 0. The van der Waals surface area contributed by atoms with Gasteiger partial charge in [0.15, 0.2) is 0 Å². The van der Waals surface area contributed by atoms with Crippen LogP contribution in [0.15, 0.2) is 0 Å². The fourth-order valence-electron chi connectivity index (χ4n) is 1.15. The van der Waals surface area contributed by atoms with Crippen molar-refractivity contribution in [3.05, 3.63) is 0 Å². The van der Waals surface area contributed by atoms with Crippen LogP contribution in [0.5, 0.6) is 0 Å². The monoisotopic (exact) mass is 1030 g/mol. The van der Waals surface area contributed by atoms with E-state index in [0.717, 1.165) is 59.2 Å². The molecule has 0 bridgehead atoms. The third-order valence-electron chi connectivity index (χ3n) is 10.5. The summed E-state index contributed by atoms with van der Waals surface area (Å²) < 4.78 is 5.75. The molecule has 0 fully saturated rings. The Labute approximate surface area is 442 Å². The summed E-state index contributed by atoms with van der Waals surface area (Å²) in [5.74, 6) is 9.05. The van der Waals surface area contributed by atoms with E-state index in [1.807, 2.05) is 33.3 Å². The van der Waals surface area contributed by atoms with Gasteiger partial charge in [0.2, 0.25) is 0 Å². The van der Waals surface area contributed by atoms with Crippen molar-refractivity contribution in [2.45, 2.75) is 305 Å². The van der Waals surface area contributed by atoms with Gasteiger partial charge >= 0.3 is 0 Å². The summed E-state index contributed by atoms with van der Waals surface area (Å²) in [6.45, 7) is 76.4. The molecule has 5 heteroatoms. The first-order valence-corrected chi connectivity index (χ1v) is 33.5. The molecule has 0 saturated heterocycles. The van der Waals surface area contributed by atoms with Crippen molar-refractivity contribution in [2.24, 2.45) is 59.2 Å². The van der Waals surface area contributed by atoms with Gasteiger partial charge in [0.1, 0.15) is 0 Å². The molecule has 0 radical (unpaired) electrons. The van der Waals surface area contributed by atoms with Crippen LogP contribution in [0, 0.1) is 59.2 Å². The molecule has 0 nitrogen and oxygen atoms in total. The highest BCUT2D eigenvalue weighted by Crippen LogP contribution is 2.05. The topological polar surface area (TPSA) is 0 Å². The molecule has 0 aliphatic rings. The third-order valence-corrected chi connectivity index (χ3v) is 10.5. The second-order valence-corrected chi connectivity index (χ2v) is 18.5. The number of rotatable bonds is 14.